The van der Waals surface area contributed by atoms with Crippen molar-refractivity contribution in [2.24, 2.45) is 0 Å². The second kappa shape index (κ2) is 9.60. The molecule has 9 heteroatoms. The Morgan fingerprint density at radius 2 is 1.90 bits per heavy atom. The number of sulfonamides is 1. The minimum Gasteiger partial charge on any atom is -0.496 e. The summed E-state index contributed by atoms with van der Waals surface area (Å²) in [6, 6.07) is 8.42. The number of hydrogen-bond donors (Lipinski definition) is 1. The van der Waals surface area contributed by atoms with E-state index in [0.717, 1.165) is 19.3 Å². The summed E-state index contributed by atoms with van der Waals surface area (Å²) in [6.45, 7) is 0.875. The summed E-state index contributed by atoms with van der Waals surface area (Å²) in [7, 11) is -0.491. The summed E-state index contributed by atoms with van der Waals surface area (Å²) in [6.07, 6.45) is 3.17. The molecule has 2 heterocycles. The molecule has 1 N–H and O–H groups in total. The molecule has 1 aliphatic heterocycles. The van der Waals surface area contributed by atoms with Crippen LogP contribution in [-0.2, 0) is 10.0 Å². The molecule has 29 heavy (non-hydrogen) atoms. The number of ether oxygens (including phenoxy) is 2. The van der Waals surface area contributed by atoms with Gasteiger partial charge in [0.1, 0.15) is 21.3 Å². The van der Waals surface area contributed by atoms with Crippen LogP contribution in [0, 0.1) is 0 Å². The summed E-state index contributed by atoms with van der Waals surface area (Å²) in [5.74, 6) is 0.561. The predicted molar refractivity (Wildman–Crippen MR) is 112 cm³/mol. The first kappa shape index (κ1) is 21.6. The first-order valence-corrected chi connectivity index (χ1v) is 11.9. The van der Waals surface area contributed by atoms with E-state index in [4.69, 9.17) is 9.47 Å². The highest BCUT2D eigenvalue weighted by atomic mass is 32.2. The lowest BCUT2D eigenvalue weighted by Gasteiger charge is -2.34. The zero-order chi connectivity index (χ0) is 20.9. The summed E-state index contributed by atoms with van der Waals surface area (Å²) < 4.78 is 38.4. The van der Waals surface area contributed by atoms with Gasteiger partial charge in [-0.1, -0.05) is 18.6 Å². The molecule has 0 bridgehead atoms. The van der Waals surface area contributed by atoms with Crippen molar-refractivity contribution in [2.75, 3.05) is 27.3 Å². The highest BCUT2D eigenvalue weighted by molar-refractivity contribution is 7.91. The minimum absolute atomic E-state index is 0.129. The molecule has 1 fully saturated rings. The van der Waals surface area contributed by atoms with Crippen molar-refractivity contribution in [2.45, 2.75) is 35.9 Å². The normalized spacial score (nSPS) is 17.7. The van der Waals surface area contributed by atoms with E-state index in [0.29, 0.717) is 40.8 Å². The Labute approximate surface area is 175 Å². The van der Waals surface area contributed by atoms with E-state index < -0.39 is 10.0 Å². The summed E-state index contributed by atoms with van der Waals surface area (Å²) in [4.78, 5) is 12.7. The van der Waals surface area contributed by atoms with Crippen LogP contribution in [0.5, 0.6) is 11.5 Å². The van der Waals surface area contributed by atoms with Crippen LogP contribution in [0.3, 0.4) is 0 Å². The van der Waals surface area contributed by atoms with Gasteiger partial charge in [0.05, 0.1) is 14.2 Å². The number of benzene rings is 1. The highest BCUT2D eigenvalue weighted by Gasteiger charge is 2.33. The van der Waals surface area contributed by atoms with Crippen LogP contribution in [0.1, 0.15) is 36.0 Å². The topological polar surface area (TPSA) is 84.9 Å². The third-order valence-electron chi connectivity index (χ3n) is 5.05. The number of nitrogens with zero attached hydrogens (tertiary/aromatic N) is 1. The zero-order valence-corrected chi connectivity index (χ0v) is 18.2. The third kappa shape index (κ3) is 4.73. The van der Waals surface area contributed by atoms with Crippen LogP contribution in [0.15, 0.2) is 39.9 Å². The molecule has 1 amide bonds. The minimum atomic E-state index is -3.49. The maximum Gasteiger partial charge on any atom is 0.258 e. The van der Waals surface area contributed by atoms with E-state index in [-0.39, 0.29) is 11.9 Å². The molecule has 1 aromatic carbocycles. The van der Waals surface area contributed by atoms with Gasteiger partial charge in [-0.05, 0) is 42.8 Å². The van der Waals surface area contributed by atoms with Crippen molar-refractivity contribution in [1.82, 2.24) is 9.62 Å². The molecule has 2 aromatic rings. The average Bonchev–Trinajstić information content (AvgIpc) is 3.29. The summed E-state index contributed by atoms with van der Waals surface area (Å²) in [5, 5.41) is 4.66. The third-order valence-corrected chi connectivity index (χ3v) is 8.37. The number of hydrogen-bond acceptors (Lipinski definition) is 6. The molecule has 7 nitrogen and oxygen atoms in total. The Hall–Kier alpha value is -2.10. The number of nitrogens with one attached hydrogen (secondary N) is 1. The Balaban J connectivity index is 1.67. The van der Waals surface area contributed by atoms with Crippen molar-refractivity contribution in [1.29, 1.82) is 0 Å². The lowest BCUT2D eigenvalue weighted by molar-refractivity contribution is 0.0943. The van der Waals surface area contributed by atoms with Gasteiger partial charge in [-0.2, -0.15) is 4.31 Å². The fraction of sp³-hybridized carbons (Fsp3) is 0.450. The maximum atomic E-state index is 13.0. The van der Waals surface area contributed by atoms with E-state index in [1.807, 2.05) is 0 Å². The predicted octanol–water partition coefficient (Wildman–Crippen LogP) is 3.13. The fourth-order valence-electron chi connectivity index (χ4n) is 3.62. The molecule has 0 aliphatic carbocycles. The van der Waals surface area contributed by atoms with Crippen molar-refractivity contribution in [3.05, 3.63) is 41.3 Å². The van der Waals surface area contributed by atoms with Gasteiger partial charge in [-0.25, -0.2) is 8.42 Å². The number of methoxy groups -OCH3 is 2. The summed E-state index contributed by atoms with van der Waals surface area (Å²) >= 11 is 1.23. The second-order valence-electron chi connectivity index (χ2n) is 6.78. The molecule has 1 unspecified atom stereocenters. The van der Waals surface area contributed by atoms with E-state index in [1.165, 1.54) is 25.6 Å². The number of thiophene rings is 1. The van der Waals surface area contributed by atoms with Gasteiger partial charge in [-0.15, -0.1) is 11.3 Å². The van der Waals surface area contributed by atoms with E-state index >= 15 is 0 Å². The molecule has 0 spiro atoms. The number of piperidine rings is 1. The largest absolute Gasteiger partial charge is 0.496 e. The van der Waals surface area contributed by atoms with Gasteiger partial charge in [0.15, 0.2) is 0 Å². The monoisotopic (exact) mass is 438 g/mol. The van der Waals surface area contributed by atoms with Crippen molar-refractivity contribution < 1.29 is 22.7 Å². The molecular formula is C20H26N2O5S2. The molecule has 1 aromatic heterocycles. The molecule has 1 aliphatic rings. The molecule has 1 saturated heterocycles. The van der Waals surface area contributed by atoms with Gasteiger partial charge in [-0.3, -0.25) is 4.79 Å². The van der Waals surface area contributed by atoms with Crippen LogP contribution >= 0.6 is 11.3 Å². The Bertz CT molecular complexity index is 906. The Kier molecular flexibility index (Phi) is 7.15. The Morgan fingerprint density at radius 3 is 2.52 bits per heavy atom. The van der Waals surface area contributed by atoms with Crippen molar-refractivity contribution >= 4 is 27.3 Å². The molecule has 158 valence electrons. The smallest absolute Gasteiger partial charge is 0.258 e. The number of amides is 1. The highest BCUT2D eigenvalue weighted by Crippen LogP contribution is 2.30. The van der Waals surface area contributed by atoms with Gasteiger partial charge in [0.2, 0.25) is 0 Å². The molecule has 3 rings (SSSR count). The molecule has 0 radical (unpaired) electrons. The van der Waals surface area contributed by atoms with E-state index in [2.05, 4.69) is 5.32 Å². The van der Waals surface area contributed by atoms with Gasteiger partial charge in [0.25, 0.3) is 15.9 Å². The van der Waals surface area contributed by atoms with Crippen LogP contribution in [-0.4, -0.2) is 52.0 Å². The molecule has 0 saturated carbocycles. The summed E-state index contributed by atoms with van der Waals surface area (Å²) in [5.41, 5.74) is 0.337. The lowest BCUT2D eigenvalue weighted by atomic mass is 10.0. The van der Waals surface area contributed by atoms with Gasteiger partial charge in [0, 0.05) is 19.1 Å². The van der Waals surface area contributed by atoms with E-state index in [9.17, 15) is 13.2 Å². The first-order valence-electron chi connectivity index (χ1n) is 9.53. The van der Waals surface area contributed by atoms with Crippen LogP contribution < -0.4 is 14.8 Å². The fourth-order valence-corrected chi connectivity index (χ4v) is 6.46. The van der Waals surface area contributed by atoms with Gasteiger partial charge < -0.3 is 14.8 Å². The van der Waals surface area contributed by atoms with Crippen LogP contribution in [0.4, 0.5) is 0 Å². The van der Waals surface area contributed by atoms with Gasteiger partial charge >= 0.3 is 0 Å². The number of carbonyl (C=O) groups excluding carboxylic acids is 1. The molecule has 1 atom stereocenters. The van der Waals surface area contributed by atoms with Crippen molar-refractivity contribution in [3.8, 4) is 11.5 Å². The quantitative estimate of drug-likeness (QED) is 0.684. The zero-order valence-electron chi connectivity index (χ0n) is 16.6. The average molecular weight is 439 g/mol. The number of carbonyl (C=O) groups is 1. The second-order valence-corrected chi connectivity index (χ2v) is 9.84. The lowest BCUT2D eigenvalue weighted by Crippen LogP contribution is -2.45. The maximum absolute atomic E-state index is 13.0. The standard InChI is InChI=1S/C20H26N2O5S2/c1-26-16-8-5-9-17(27-2)19(16)20(23)21-12-11-15-7-3-4-13-22(15)29(24,25)18-10-6-14-28-18/h5-6,8-10,14-15H,3-4,7,11-13H2,1-2H3,(H,21,23). The first-order chi connectivity index (χ1) is 14.0. The van der Waals surface area contributed by atoms with Crippen LogP contribution in [0.2, 0.25) is 0 Å². The molecular weight excluding hydrogens is 412 g/mol. The Morgan fingerprint density at radius 1 is 1.17 bits per heavy atom. The van der Waals surface area contributed by atoms with Crippen molar-refractivity contribution in [3.63, 3.8) is 0 Å². The number of rotatable bonds is 8. The van der Waals surface area contributed by atoms with E-state index in [1.54, 1.807) is 40.0 Å². The SMILES string of the molecule is COc1cccc(OC)c1C(=O)NCCC1CCCCN1S(=O)(=O)c1cccs1. The van der Waals surface area contributed by atoms with Crippen LogP contribution in [0.25, 0.3) is 0 Å².